The summed E-state index contributed by atoms with van der Waals surface area (Å²) in [6.45, 7) is 0. The summed E-state index contributed by atoms with van der Waals surface area (Å²) < 4.78 is 1.51. The molecule has 0 aliphatic carbocycles. The molecule has 0 fully saturated rings. The fourth-order valence-electron chi connectivity index (χ4n) is 2.51. The summed E-state index contributed by atoms with van der Waals surface area (Å²) in [6.07, 6.45) is 0. The van der Waals surface area contributed by atoms with Crippen LogP contribution in [0.25, 0.3) is 10.6 Å². The van der Waals surface area contributed by atoms with Crippen molar-refractivity contribution < 1.29 is 0 Å². The van der Waals surface area contributed by atoms with E-state index in [9.17, 15) is 0 Å². The quantitative estimate of drug-likeness (QED) is 0.567. The molecular weight excluding hydrogens is 279 g/mol. The van der Waals surface area contributed by atoms with Crippen LogP contribution in [0.4, 0.5) is 0 Å². The molecule has 0 amide bonds. The molecule has 2 heterocycles. The lowest BCUT2D eigenvalue weighted by atomic mass is 10.1. The van der Waals surface area contributed by atoms with E-state index in [2.05, 4.69) is 78.2 Å². The van der Waals surface area contributed by atoms with E-state index in [1.807, 2.05) is 11.3 Å². The van der Waals surface area contributed by atoms with Crippen LogP contribution in [0.5, 0.6) is 0 Å². The summed E-state index contributed by atoms with van der Waals surface area (Å²) in [5.74, 6) is 0. The van der Waals surface area contributed by atoms with Crippen LogP contribution in [0.1, 0.15) is 11.1 Å². The number of benzene rings is 2. The Morgan fingerprint density at radius 1 is 0.600 bits per heavy atom. The van der Waals surface area contributed by atoms with E-state index in [4.69, 9.17) is 0 Å². The summed E-state index contributed by atoms with van der Waals surface area (Å²) in [7, 11) is -0.236. The third kappa shape index (κ3) is 2.04. The van der Waals surface area contributed by atoms with Gasteiger partial charge in [0, 0.05) is 23.2 Å². The molecule has 96 valence electrons. The molecule has 0 saturated heterocycles. The Labute approximate surface area is 124 Å². The first kappa shape index (κ1) is 12.1. The molecule has 0 saturated carbocycles. The topological polar surface area (TPSA) is 0 Å². The molecule has 3 aromatic rings. The molecule has 1 aliphatic rings. The number of hydrogen-bond donors (Lipinski definition) is 0. The molecule has 0 nitrogen and oxygen atoms in total. The first-order valence-electron chi connectivity index (χ1n) is 6.64. The maximum atomic E-state index is 2.27. The standard InChI is InChI=1S/C18H13PS/c1-3-8-14(9-4-1)17-18(15-10-5-2-6-11-15)19(17)16-12-7-13-20-16/h1-13H. The smallest absolute Gasteiger partial charge is 0.0369 e. The molecule has 0 radical (unpaired) electrons. The summed E-state index contributed by atoms with van der Waals surface area (Å²) in [4.78, 5) is 0. The average molecular weight is 292 g/mol. The molecule has 1 aromatic heterocycles. The van der Waals surface area contributed by atoms with Crippen LogP contribution >= 0.6 is 19.3 Å². The molecule has 0 spiro atoms. The Balaban J connectivity index is 1.81. The second kappa shape index (κ2) is 5.01. The van der Waals surface area contributed by atoms with Gasteiger partial charge in [0.1, 0.15) is 0 Å². The van der Waals surface area contributed by atoms with Crippen molar-refractivity contribution in [2.24, 2.45) is 0 Å². The van der Waals surface area contributed by atoms with Gasteiger partial charge in [-0.05, 0) is 22.6 Å². The van der Waals surface area contributed by atoms with Gasteiger partial charge in [-0.3, -0.25) is 0 Å². The molecule has 0 unspecified atom stereocenters. The fourth-order valence-corrected chi connectivity index (χ4v) is 6.34. The maximum Gasteiger partial charge on any atom is 0.0369 e. The summed E-state index contributed by atoms with van der Waals surface area (Å²) >= 11 is 1.88. The molecule has 0 atom stereocenters. The predicted octanol–water partition coefficient (Wildman–Crippen LogP) is 5.39. The number of hydrogen-bond acceptors (Lipinski definition) is 1. The summed E-state index contributed by atoms with van der Waals surface area (Å²) in [6, 6.07) is 26.0. The van der Waals surface area contributed by atoms with E-state index in [0.717, 1.165) is 0 Å². The van der Waals surface area contributed by atoms with E-state index in [1.165, 1.54) is 15.7 Å². The van der Waals surface area contributed by atoms with Crippen LogP contribution in [-0.2, 0) is 0 Å². The molecule has 4 rings (SSSR count). The van der Waals surface area contributed by atoms with Gasteiger partial charge < -0.3 is 0 Å². The maximum absolute atomic E-state index is 2.27. The molecule has 20 heavy (non-hydrogen) atoms. The highest BCUT2D eigenvalue weighted by atomic mass is 32.1. The third-order valence-electron chi connectivity index (χ3n) is 3.44. The zero-order valence-electron chi connectivity index (χ0n) is 10.9. The summed E-state index contributed by atoms with van der Waals surface area (Å²) in [5.41, 5.74) is 2.76. The van der Waals surface area contributed by atoms with Crippen LogP contribution in [0.2, 0.25) is 0 Å². The molecule has 1 aliphatic heterocycles. The largest absolute Gasteiger partial charge is 0.143 e. The molecular formula is C18H13PS. The van der Waals surface area contributed by atoms with Gasteiger partial charge in [-0.2, -0.15) is 0 Å². The highest BCUT2D eigenvalue weighted by Crippen LogP contribution is 2.77. The Hall–Kier alpha value is -1.69. The van der Waals surface area contributed by atoms with Gasteiger partial charge in [0.05, 0.1) is 0 Å². The highest BCUT2D eigenvalue weighted by Gasteiger charge is 2.39. The van der Waals surface area contributed by atoms with Crippen molar-refractivity contribution in [3.8, 4) is 0 Å². The van der Waals surface area contributed by atoms with Gasteiger partial charge in [0.25, 0.3) is 0 Å². The zero-order valence-corrected chi connectivity index (χ0v) is 12.6. The molecule has 0 bridgehead atoms. The van der Waals surface area contributed by atoms with Crippen LogP contribution in [-0.4, -0.2) is 0 Å². The van der Waals surface area contributed by atoms with Crippen LogP contribution < -0.4 is 4.62 Å². The monoisotopic (exact) mass is 292 g/mol. The van der Waals surface area contributed by atoms with Gasteiger partial charge in [-0.15, -0.1) is 11.3 Å². The van der Waals surface area contributed by atoms with Crippen LogP contribution in [0.15, 0.2) is 78.2 Å². The second-order valence-electron chi connectivity index (χ2n) is 4.72. The van der Waals surface area contributed by atoms with Gasteiger partial charge in [-0.25, -0.2) is 0 Å². The Kier molecular flexibility index (Phi) is 3.03. The van der Waals surface area contributed by atoms with Crippen molar-refractivity contribution in [2.45, 2.75) is 0 Å². The lowest BCUT2D eigenvalue weighted by molar-refractivity contribution is 1.65. The number of rotatable bonds is 3. The second-order valence-corrected chi connectivity index (χ2v) is 8.01. The van der Waals surface area contributed by atoms with Crippen molar-refractivity contribution in [1.82, 2.24) is 0 Å². The van der Waals surface area contributed by atoms with E-state index in [0.29, 0.717) is 0 Å². The normalized spacial score (nSPS) is 14.6. The van der Waals surface area contributed by atoms with Crippen LogP contribution in [0.3, 0.4) is 0 Å². The van der Waals surface area contributed by atoms with Crippen LogP contribution in [0, 0.1) is 0 Å². The predicted molar refractivity (Wildman–Crippen MR) is 90.6 cm³/mol. The number of thiophene rings is 1. The molecule has 2 aromatic carbocycles. The van der Waals surface area contributed by atoms with E-state index in [1.54, 1.807) is 10.6 Å². The Bertz CT molecular complexity index is 693. The van der Waals surface area contributed by atoms with E-state index < -0.39 is 0 Å². The van der Waals surface area contributed by atoms with Crippen molar-refractivity contribution in [2.75, 3.05) is 0 Å². The van der Waals surface area contributed by atoms with Gasteiger partial charge in [-0.1, -0.05) is 66.7 Å². The van der Waals surface area contributed by atoms with Gasteiger partial charge in [0.15, 0.2) is 0 Å². The van der Waals surface area contributed by atoms with E-state index >= 15 is 0 Å². The summed E-state index contributed by atoms with van der Waals surface area (Å²) in [5, 5.41) is 5.28. The van der Waals surface area contributed by atoms with E-state index in [-0.39, 0.29) is 7.92 Å². The molecule has 0 N–H and O–H groups in total. The first-order chi connectivity index (χ1) is 9.95. The minimum atomic E-state index is -0.236. The molecule has 2 heteroatoms. The minimum Gasteiger partial charge on any atom is -0.143 e. The fraction of sp³-hybridized carbons (Fsp3) is 0. The lowest BCUT2D eigenvalue weighted by Crippen LogP contribution is -1.84. The average Bonchev–Trinajstić information content (AvgIpc) is 3.03. The zero-order chi connectivity index (χ0) is 13.4. The minimum absolute atomic E-state index is 0.236. The SMILES string of the molecule is c1ccc(C2=C(c3ccccc3)P2c2cccs2)cc1. The Morgan fingerprint density at radius 2 is 1.15 bits per heavy atom. The third-order valence-corrected chi connectivity index (χ3v) is 7.20. The van der Waals surface area contributed by atoms with Crippen molar-refractivity contribution in [1.29, 1.82) is 0 Å². The Morgan fingerprint density at radius 3 is 1.60 bits per heavy atom. The van der Waals surface area contributed by atoms with Crippen molar-refractivity contribution >= 4 is 34.5 Å². The highest BCUT2D eigenvalue weighted by molar-refractivity contribution is 7.97. The van der Waals surface area contributed by atoms with Gasteiger partial charge >= 0.3 is 0 Å². The lowest BCUT2D eigenvalue weighted by Gasteiger charge is -1.99. The van der Waals surface area contributed by atoms with Gasteiger partial charge in [0.2, 0.25) is 0 Å². The van der Waals surface area contributed by atoms with Crippen molar-refractivity contribution in [3.05, 3.63) is 89.3 Å². The first-order valence-corrected chi connectivity index (χ1v) is 8.86. The van der Waals surface area contributed by atoms with Crippen molar-refractivity contribution in [3.63, 3.8) is 0 Å².